The van der Waals surface area contributed by atoms with E-state index in [-0.39, 0.29) is 24.8 Å². The predicted molar refractivity (Wildman–Crippen MR) is 92.3 cm³/mol. The van der Waals surface area contributed by atoms with Gasteiger partial charge in [-0.1, -0.05) is 12.1 Å². The number of aryl methyl sites for hydroxylation is 1. The summed E-state index contributed by atoms with van der Waals surface area (Å²) < 4.78 is 1.42. The molecule has 2 heterocycles. The van der Waals surface area contributed by atoms with Crippen LogP contribution in [0.4, 0.5) is 0 Å². The number of nitrogens with zero attached hydrogens (tertiary/aromatic N) is 3. The highest BCUT2D eigenvalue weighted by Gasteiger charge is 2.22. The number of hydrogen-bond donors (Lipinski definition) is 1. The number of piperazine rings is 1. The highest BCUT2D eigenvalue weighted by molar-refractivity contribution is 5.79. The normalized spacial score (nSPS) is 14.8. The number of H-pyrrole nitrogens is 1. The van der Waals surface area contributed by atoms with Crippen LogP contribution in [-0.2, 0) is 16.1 Å². The highest BCUT2D eigenvalue weighted by atomic mass is 16.2. The summed E-state index contributed by atoms with van der Waals surface area (Å²) in [5.74, 6) is -0.0521. The largest absolute Gasteiger partial charge is 0.339 e. The molecule has 3 rings (SSSR count). The van der Waals surface area contributed by atoms with Crippen molar-refractivity contribution in [2.24, 2.45) is 0 Å². The maximum absolute atomic E-state index is 12.4. The van der Waals surface area contributed by atoms with E-state index in [0.29, 0.717) is 37.1 Å². The van der Waals surface area contributed by atoms with Crippen LogP contribution in [-0.4, -0.2) is 57.3 Å². The standard InChI is InChI=1S/C17H20N4O4/c1-12(22)19-8-10-20(11-9-19)15(23)6-7-21-14-5-3-2-4-13(14)16(24)18-17(21)25/h2-5H,6-11H2,1H3,(H,18,24,25). The summed E-state index contributed by atoms with van der Waals surface area (Å²) in [6.45, 7) is 3.78. The van der Waals surface area contributed by atoms with E-state index < -0.39 is 11.2 Å². The Hall–Kier alpha value is -2.90. The van der Waals surface area contributed by atoms with Gasteiger partial charge in [-0.05, 0) is 12.1 Å². The summed E-state index contributed by atoms with van der Waals surface area (Å²) in [6.07, 6.45) is 0.163. The van der Waals surface area contributed by atoms with E-state index in [4.69, 9.17) is 0 Å². The molecule has 0 saturated carbocycles. The molecule has 8 heteroatoms. The third-order valence-corrected chi connectivity index (χ3v) is 4.53. The molecule has 2 aromatic rings. The molecule has 1 aliphatic heterocycles. The Kier molecular flexibility index (Phi) is 4.69. The van der Waals surface area contributed by atoms with Crippen molar-refractivity contribution >= 4 is 22.7 Å². The Morgan fingerprint density at radius 1 is 1.04 bits per heavy atom. The van der Waals surface area contributed by atoms with E-state index in [0.717, 1.165) is 0 Å². The molecule has 1 fully saturated rings. The third-order valence-electron chi connectivity index (χ3n) is 4.53. The van der Waals surface area contributed by atoms with Crippen LogP contribution < -0.4 is 11.2 Å². The Balaban J connectivity index is 1.71. The zero-order chi connectivity index (χ0) is 18.0. The molecular weight excluding hydrogens is 324 g/mol. The number of carbonyl (C=O) groups excluding carboxylic acids is 2. The minimum atomic E-state index is -0.516. The smallest absolute Gasteiger partial charge is 0.328 e. The first kappa shape index (κ1) is 16.9. The molecule has 0 bridgehead atoms. The first-order valence-electron chi connectivity index (χ1n) is 8.22. The van der Waals surface area contributed by atoms with Crippen molar-refractivity contribution in [1.29, 1.82) is 0 Å². The SMILES string of the molecule is CC(=O)N1CCN(C(=O)CCn2c(=O)[nH]c(=O)c3ccccc32)CC1. The lowest BCUT2D eigenvalue weighted by Crippen LogP contribution is -2.50. The zero-order valence-corrected chi connectivity index (χ0v) is 14.0. The second-order valence-corrected chi connectivity index (χ2v) is 6.06. The third kappa shape index (κ3) is 3.47. The quantitative estimate of drug-likeness (QED) is 0.832. The number of aromatic nitrogens is 2. The second-order valence-electron chi connectivity index (χ2n) is 6.06. The van der Waals surface area contributed by atoms with Crippen molar-refractivity contribution in [2.45, 2.75) is 19.9 Å². The van der Waals surface area contributed by atoms with Crippen molar-refractivity contribution in [3.05, 3.63) is 45.1 Å². The predicted octanol–water partition coefficient (Wildman–Crippen LogP) is -0.229. The number of rotatable bonds is 3. The minimum absolute atomic E-state index is 0.0124. The van der Waals surface area contributed by atoms with Gasteiger partial charge in [-0.15, -0.1) is 0 Å². The molecule has 132 valence electrons. The lowest BCUT2D eigenvalue weighted by Gasteiger charge is -2.34. The number of carbonyl (C=O) groups is 2. The van der Waals surface area contributed by atoms with Crippen molar-refractivity contribution in [3.63, 3.8) is 0 Å². The zero-order valence-electron chi connectivity index (χ0n) is 14.0. The van der Waals surface area contributed by atoms with Gasteiger partial charge in [0.25, 0.3) is 5.56 Å². The van der Waals surface area contributed by atoms with Crippen LogP contribution in [0.15, 0.2) is 33.9 Å². The first-order valence-corrected chi connectivity index (χ1v) is 8.22. The number of aromatic amines is 1. The highest BCUT2D eigenvalue weighted by Crippen LogP contribution is 2.09. The Bertz CT molecular complexity index is 922. The molecule has 0 spiro atoms. The van der Waals surface area contributed by atoms with Gasteiger partial charge in [-0.25, -0.2) is 4.79 Å². The van der Waals surface area contributed by atoms with Gasteiger partial charge in [0.2, 0.25) is 11.8 Å². The van der Waals surface area contributed by atoms with Crippen molar-refractivity contribution < 1.29 is 9.59 Å². The van der Waals surface area contributed by atoms with Crippen LogP contribution in [0, 0.1) is 0 Å². The molecule has 0 atom stereocenters. The van der Waals surface area contributed by atoms with Crippen molar-refractivity contribution in [1.82, 2.24) is 19.4 Å². The fourth-order valence-electron chi connectivity index (χ4n) is 3.10. The minimum Gasteiger partial charge on any atom is -0.339 e. The maximum Gasteiger partial charge on any atom is 0.328 e. The van der Waals surface area contributed by atoms with E-state index >= 15 is 0 Å². The summed E-state index contributed by atoms with van der Waals surface area (Å²) in [6, 6.07) is 6.82. The van der Waals surface area contributed by atoms with Crippen LogP contribution in [0.5, 0.6) is 0 Å². The van der Waals surface area contributed by atoms with E-state index in [1.807, 2.05) is 0 Å². The average Bonchev–Trinajstić information content (AvgIpc) is 2.61. The molecule has 1 aromatic carbocycles. The number of nitrogens with one attached hydrogen (secondary N) is 1. The molecule has 25 heavy (non-hydrogen) atoms. The monoisotopic (exact) mass is 344 g/mol. The lowest BCUT2D eigenvalue weighted by atomic mass is 10.2. The molecule has 1 aliphatic rings. The summed E-state index contributed by atoms with van der Waals surface area (Å²) in [7, 11) is 0. The lowest BCUT2D eigenvalue weighted by molar-refractivity contribution is -0.138. The van der Waals surface area contributed by atoms with Gasteiger partial charge in [0.05, 0.1) is 10.9 Å². The second kappa shape index (κ2) is 6.92. The van der Waals surface area contributed by atoms with Crippen LogP contribution >= 0.6 is 0 Å². The Morgan fingerprint density at radius 2 is 1.68 bits per heavy atom. The molecule has 1 saturated heterocycles. The van der Waals surface area contributed by atoms with E-state index in [9.17, 15) is 19.2 Å². The average molecular weight is 344 g/mol. The van der Waals surface area contributed by atoms with Gasteiger partial charge < -0.3 is 9.80 Å². The van der Waals surface area contributed by atoms with E-state index in [2.05, 4.69) is 4.98 Å². The fraction of sp³-hybridized carbons (Fsp3) is 0.412. The van der Waals surface area contributed by atoms with Gasteiger partial charge in [-0.2, -0.15) is 0 Å². The summed E-state index contributed by atoms with van der Waals surface area (Å²) in [4.78, 5) is 53.4. The van der Waals surface area contributed by atoms with Crippen LogP contribution in [0.25, 0.3) is 10.9 Å². The molecular formula is C17H20N4O4. The van der Waals surface area contributed by atoms with E-state index in [1.165, 1.54) is 11.5 Å². The van der Waals surface area contributed by atoms with Crippen molar-refractivity contribution in [2.75, 3.05) is 26.2 Å². The molecule has 0 radical (unpaired) electrons. The number of para-hydroxylation sites is 1. The van der Waals surface area contributed by atoms with Gasteiger partial charge in [0, 0.05) is 46.1 Å². The summed E-state index contributed by atoms with van der Waals surface area (Å²) >= 11 is 0. The first-order chi connectivity index (χ1) is 12.0. The molecule has 0 unspecified atom stereocenters. The van der Waals surface area contributed by atoms with Gasteiger partial charge in [0.1, 0.15) is 0 Å². The van der Waals surface area contributed by atoms with Crippen LogP contribution in [0.1, 0.15) is 13.3 Å². The number of hydrogen-bond acceptors (Lipinski definition) is 4. The van der Waals surface area contributed by atoms with Gasteiger partial charge >= 0.3 is 5.69 Å². The molecule has 1 aromatic heterocycles. The van der Waals surface area contributed by atoms with Crippen LogP contribution in [0.2, 0.25) is 0 Å². The van der Waals surface area contributed by atoms with Gasteiger partial charge in [-0.3, -0.25) is 23.9 Å². The summed E-state index contributed by atoms with van der Waals surface area (Å²) in [5.41, 5.74) is -0.424. The van der Waals surface area contributed by atoms with E-state index in [1.54, 1.807) is 34.1 Å². The van der Waals surface area contributed by atoms with Crippen molar-refractivity contribution in [3.8, 4) is 0 Å². The Labute approximate surface area is 143 Å². The number of fused-ring (bicyclic) bond motifs is 1. The fourth-order valence-corrected chi connectivity index (χ4v) is 3.10. The summed E-state index contributed by atoms with van der Waals surface area (Å²) in [5, 5.41) is 0.421. The molecule has 0 aliphatic carbocycles. The number of benzene rings is 1. The molecule has 1 N–H and O–H groups in total. The van der Waals surface area contributed by atoms with Gasteiger partial charge in [0.15, 0.2) is 0 Å². The van der Waals surface area contributed by atoms with Crippen LogP contribution in [0.3, 0.4) is 0 Å². The topological polar surface area (TPSA) is 95.5 Å². The molecule has 2 amide bonds. The Morgan fingerprint density at radius 3 is 2.36 bits per heavy atom. The maximum atomic E-state index is 12.4. The number of amides is 2. The molecule has 8 nitrogen and oxygen atoms in total.